The molecule has 0 radical (unpaired) electrons. The largest absolute Gasteiger partial charge is 0.338 e. The van der Waals surface area contributed by atoms with Gasteiger partial charge in [-0.3, -0.25) is 9.48 Å². The first kappa shape index (κ1) is 21.7. The van der Waals surface area contributed by atoms with Crippen LogP contribution in [0, 0.1) is 5.92 Å². The van der Waals surface area contributed by atoms with Crippen LogP contribution in [0.3, 0.4) is 0 Å². The van der Waals surface area contributed by atoms with E-state index in [1.54, 1.807) is 6.08 Å². The summed E-state index contributed by atoms with van der Waals surface area (Å²) in [5.74, 6) is 0.652. The maximum Gasteiger partial charge on any atom is 0.246 e. The van der Waals surface area contributed by atoms with Crippen molar-refractivity contribution in [3.63, 3.8) is 0 Å². The molecule has 0 atom stereocenters. The third kappa shape index (κ3) is 4.96. The van der Waals surface area contributed by atoms with Gasteiger partial charge in [0.15, 0.2) is 0 Å². The monoisotopic (exact) mass is 457 g/mol. The lowest BCUT2D eigenvalue weighted by atomic mass is 9.91. The first-order valence-corrected chi connectivity index (χ1v) is 12.0. The molecule has 0 bridgehead atoms. The van der Waals surface area contributed by atoms with Crippen LogP contribution in [0.5, 0.6) is 0 Å². The normalized spacial score (nSPS) is 16.2. The van der Waals surface area contributed by atoms with Crippen molar-refractivity contribution in [3.8, 4) is 0 Å². The minimum atomic E-state index is 0.102. The molecular weight excluding hydrogens is 430 g/mol. The number of allylic oxidation sites excluding steroid dienone is 3. The highest BCUT2D eigenvalue weighted by Gasteiger charge is 2.30. The van der Waals surface area contributed by atoms with E-state index in [1.165, 1.54) is 11.1 Å². The highest BCUT2D eigenvalue weighted by molar-refractivity contribution is 6.30. The summed E-state index contributed by atoms with van der Waals surface area (Å²) in [6.07, 6.45) is 9.13. The van der Waals surface area contributed by atoms with Gasteiger partial charge in [-0.15, -0.1) is 0 Å². The smallest absolute Gasteiger partial charge is 0.246 e. The maximum absolute atomic E-state index is 12.8. The summed E-state index contributed by atoms with van der Waals surface area (Å²) in [5.41, 5.74) is 6.83. The van der Waals surface area contributed by atoms with Crippen molar-refractivity contribution in [2.24, 2.45) is 5.92 Å². The van der Waals surface area contributed by atoms with Crippen LogP contribution < -0.4 is 0 Å². The number of amides is 1. The van der Waals surface area contributed by atoms with Gasteiger partial charge in [-0.2, -0.15) is 5.10 Å². The molecule has 1 amide bonds. The third-order valence-corrected chi connectivity index (χ3v) is 6.77. The number of carbonyl (C=O) groups is 1. The topological polar surface area (TPSA) is 38.1 Å². The van der Waals surface area contributed by atoms with Gasteiger partial charge in [0.25, 0.3) is 0 Å². The number of aryl methyl sites for hydroxylation is 1. The first-order valence-electron chi connectivity index (χ1n) is 11.6. The standard InChI is InChI=1S/C28H28ClN3O/c1-20(14-27(33)31-16-23(17-31)15-21-6-3-2-4-7-21)26-9-5-8-24-19-32(30-28(24)26)18-22-10-12-25(29)13-11-22/h2-4,6-7,9-14,19,23H,5,8,15-18H2,1H3. The van der Waals surface area contributed by atoms with Crippen LogP contribution in [-0.4, -0.2) is 33.7 Å². The lowest BCUT2D eigenvalue weighted by molar-refractivity contribution is -0.132. The zero-order chi connectivity index (χ0) is 22.8. The van der Waals surface area contributed by atoms with Crippen LogP contribution in [0.15, 0.2) is 78.5 Å². The van der Waals surface area contributed by atoms with E-state index in [4.69, 9.17) is 16.7 Å². The van der Waals surface area contributed by atoms with E-state index < -0.39 is 0 Å². The molecular formula is C28H28ClN3O. The van der Waals surface area contributed by atoms with E-state index in [1.807, 2.05) is 46.8 Å². The molecule has 2 aromatic carbocycles. The number of fused-ring (bicyclic) bond motifs is 1. The second-order valence-corrected chi connectivity index (χ2v) is 9.55. The summed E-state index contributed by atoms with van der Waals surface area (Å²) in [4.78, 5) is 14.8. The number of hydrogen-bond donors (Lipinski definition) is 0. The average Bonchev–Trinajstić information content (AvgIpc) is 3.20. The maximum atomic E-state index is 12.8. The van der Waals surface area contributed by atoms with Gasteiger partial charge in [0.1, 0.15) is 0 Å². The molecule has 1 saturated heterocycles. The Morgan fingerprint density at radius 1 is 1.09 bits per heavy atom. The molecule has 0 unspecified atom stereocenters. The Balaban J connectivity index is 1.23. The summed E-state index contributed by atoms with van der Waals surface area (Å²) >= 11 is 6.01. The Morgan fingerprint density at radius 2 is 1.85 bits per heavy atom. The minimum Gasteiger partial charge on any atom is -0.338 e. The van der Waals surface area contributed by atoms with Crippen LogP contribution in [0.2, 0.25) is 5.02 Å². The number of aromatic nitrogens is 2. The van der Waals surface area contributed by atoms with Gasteiger partial charge < -0.3 is 4.90 Å². The van der Waals surface area contributed by atoms with Crippen LogP contribution in [0.25, 0.3) is 5.57 Å². The van der Waals surface area contributed by atoms with Crippen molar-refractivity contribution in [2.45, 2.75) is 32.7 Å². The summed E-state index contributed by atoms with van der Waals surface area (Å²) in [6, 6.07) is 18.4. The molecule has 5 rings (SSSR count). The van der Waals surface area contributed by atoms with E-state index in [-0.39, 0.29) is 5.91 Å². The number of hydrogen-bond acceptors (Lipinski definition) is 2. The number of halogens is 1. The number of benzene rings is 2. The highest BCUT2D eigenvalue weighted by Crippen LogP contribution is 2.31. The Morgan fingerprint density at radius 3 is 2.61 bits per heavy atom. The van der Waals surface area contributed by atoms with Gasteiger partial charge in [0.2, 0.25) is 5.91 Å². The molecule has 1 aliphatic heterocycles. The molecule has 5 heteroatoms. The molecule has 168 valence electrons. The van der Waals surface area contributed by atoms with E-state index in [9.17, 15) is 4.79 Å². The number of likely N-dealkylation sites (tertiary alicyclic amines) is 1. The predicted octanol–water partition coefficient (Wildman–Crippen LogP) is 5.56. The zero-order valence-corrected chi connectivity index (χ0v) is 19.6. The SMILES string of the molecule is CC(=CC(=O)N1CC(Cc2ccccc2)C1)C1=CCCc2cn(Cc3ccc(Cl)cc3)nc21. The second kappa shape index (κ2) is 9.40. The number of rotatable bonds is 6. The van der Waals surface area contributed by atoms with Crippen molar-refractivity contribution < 1.29 is 4.79 Å². The quantitative estimate of drug-likeness (QED) is 0.454. The Kier molecular flexibility index (Phi) is 6.19. The van der Waals surface area contributed by atoms with Gasteiger partial charge >= 0.3 is 0 Å². The Labute approximate surface area is 200 Å². The molecule has 3 aromatic rings. The zero-order valence-electron chi connectivity index (χ0n) is 18.9. The molecule has 1 aliphatic carbocycles. The van der Waals surface area contributed by atoms with Crippen molar-refractivity contribution in [2.75, 3.05) is 13.1 Å². The van der Waals surface area contributed by atoms with Crippen LogP contribution in [-0.2, 0) is 24.2 Å². The highest BCUT2D eigenvalue weighted by atomic mass is 35.5. The Hall–Kier alpha value is -3.11. The van der Waals surface area contributed by atoms with Crippen LogP contribution in [0.4, 0.5) is 0 Å². The predicted molar refractivity (Wildman–Crippen MR) is 133 cm³/mol. The molecule has 4 nitrogen and oxygen atoms in total. The molecule has 2 aliphatic rings. The molecule has 1 aromatic heterocycles. The lowest BCUT2D eigenvalue weighted by Gasteiger charge is -2.39. The fraction of sp³-hybridized carbons (Fsp3) is 0.286. The second-order valence-electron chi connectivity index (χ2n) is 9.11. The van der Waals surface area contributed by atoms with Gasteiger partial charge in [0, 0.05) is 36.0 Å². The van der Waals surface area contributed by atoms with Crippen molar-refractivity contribution >= 4 is 23.1 Å². The summed E-state index contributed by atoms with van der Waals surface area (Å²) in [6.45, 7) is 4.39. The molecule has 0 N–H and O–H groups in total. The summed E-state index contributed by atoms with van der Waals surface area (Å²) < 4.78 is 1.99. The number of nitrogens with zero attached hydrogens (tertiary/aromatic N) is 3. The van der Waals surface area contributed by atoms with Gasteiger partial charge in [-0.1, -0.05) is 60.1 Å². The van der Waals surface area contributed by atoms with Crippen LogP contribution >= 0.6 is 11.6 Å². The van der Waals surface area contributed by atoms with Crippen molar-refractivity contribution in [3.05, 3.63) is 106 Å². The molecule has 1 fully saturated rings. The Bertz CT molecular complexity index is 1200. The van der Waals surface area contributed by atoms with Crippen LogP contribution in [0.1, 0.15) is 35.7 Å². The van der Waals surface area contributed by atoms with Crippen molar-refractivity contribution in [1.29, 1.82) is 0 Å². The van der Waals surface area contributed by atoms with Gasteiger partial charge in [0.05, 0.1) is 12.2 Å². The molecule has 2 heterocycles. The van der Waals surface area contributed by atoms with Gasteiger partial charge in [-0.25, -0.2) is 0 Å². The molecule has 0 spiro atoms. The third-order valence-electron chi connectivity index (χ3n) is 6.51. The lowest BCUT2D eigenvalue weighted by Crippen LogP contribution is -2.50. The summed E-state index contributed by atoms with van der Waals surface area (Å²) in [5, 5.41) is 5.60. The van der Waals surface area contributed by atoms with E-state index in [2.05, 4.69) is 36.5 Å². The van der Waals surface area contributed by atoms with E-state index in [0.717, 1.165) is 59.8 Å². The fourth-order valence-electron chi connectivity index (χ4n) is 4.73. The van der Waals surface area contributed by atoms with E-state index in [0.29, 0.717) is 12.5 Å². The number of carbonyl (C=O) groups excluding carboxylic acids is 1. The molecule has 33 heavy (non-hydrogen) atoms. The first-order chi connectivity index (χ1) is 16.0. The van der Waals surface area contributed by atoms with Crippen molar-refractivity contribution in [1.82, 2.24) is 14.7 Å². The van der Waals surface area contributed by atoms with Gasteiger partial charge in [-0.05, 0) is 66.5 Å². The molecule has 0 saturated carbocycles. The minimum absolute atomic E-state index is 0.102. The fourth-order valence-corrected chi connectivity index (χ4v) is 4.85. The van der Waals surface area contributed by atoms with E-state index >= 15 is 0 Å². The summed E-state index contributed by atoms with van der Waals surface area (Å²) in [7, 11) is 0. The average molecular weight is 458 g/mol.